The minimum absolute atomic E-state index is 0. The van der Waals surface area contributed by atoms with Crippen molar-refractivity contribution in [1.82, 2.24) is 0 Å². The zero-order chi connectivity index (χ0) is 15.2. The Labute approximate surface area is 145 Å². The molecule has 0 fully saturated rings. The highest BCUT2D eigenvalue weighted by atomic mass is 35.5. The molecule has 0 saturated carbocycles. The van der Waals surface area contributed by atoms with Crippen LogP contribution in [0.3, 0.4) is 0 Å². The van der Waals surface area contributed by atoms with Gasteiger partial charge in [0.15, 0.2) is 0 Å². The molecule has 0 amide bonds. The molecule has 3 aromatic carbocycles. The Balaban J connectivity index is 0.00000192. The second-order valence-corrected chi connectivity index (χ2v) is 7.33. The van der Waals surface area contributed by atoms with E-state index in [9.17, 15) is 0 Å². The Morgan fingerprint density at radius 1 is 0.652 bits per heavy atom. The van der Waals surface area contributed by atoms with Crippen LogP contribution in [-0.4, -0.2) is 7.11 Å². The van der Waals surface area contributed by atoms with Crippen molar-refractivity contribution in [3.63, 3.8) is 0 Å². The molecule has 3 heteroatoms. The number of methoxy groups -OCH3 is 1. The summed E-state index contributed by atoms with van der Waals surface area (Å²) in [5, 5.41) is 4.12. The predicted octanol–water partition coefficient (Wildman–Crippen LogP) is 0.595. The fourth-order valence-electron chi connectivity index (χ4n) is 2.51. The van der Waals surface area contributed by atoms with Gasteiger partial charge in [-0.1, -0.05) is 84.9 Å². The summed E-state index contributed by atoms with van der Waals surface area (Å²) in [6, 6.07) is 30.3. The van der Waals surface area contributed by atoms with Crippen LogP contribution in [0.5, 0.6) is 0 Å². The monoisotopic (exact) mass is 341 g/mol. The number of ether oxygens (including phenoxy) is 1. The van der Waals surface area contributed by atoms with E-state index in [4.69, 9.17) is 4.74 Å². The van der Waals surface area contributed by atoms with Crippen LogP contribution < -0.4 is 28.3 Å². The first-order chi connectivity index (χ1) is 10.9. The van der Waals surface area contributed by atoms with Gasteiger partial charge in [0.05, 0.1) is 6.61 Å². The van der Waals surface area contributed by atoms with E-state index in [2.05, 4.69) is 84.9 Å². The Morgan fingerprint density at radius 3 is 1.52 bits per heavy atom. The predicted molar refractivity (Wildman–Crippen MR) is 95.9 cm³/mol. The largest absolute Gasteiger partial charge is 1.00 e. The van der Waals surface area contributed by atoms with Gasteiger partial charge in [-0.25, -0.2) is 0 Å². The van der Waals surface area contributed by atoms with Gasteiger partial charge in [-0.3, -0.25) is 0 Å². The molecule has 0 radical (unpaired) electrons. The average molecular weight is 342 g/mol. The van der Waals surface area contributed by atoms with Crippen molar-refractivity contribution in [1.29, 1.82) is 0 Å². The zero-order valence-corrected chi connectivity index (χ0v) is 14.7. The molecule has 0 spiro atoms. The highest BCUT2D eigenvalue weighted by Gasteiger charge is 2.15. The van der Waals surface area contributed by atoms with Crippen molar-refractivity contribution < 1.29 is 17.1 Å². The number of hydrogen-bond acceptors (Lipinski definition) is 1. The van der Waals surface area contributed by atoms with Crippen LogP contribution in [0, 0.1) is 0 Å². The van der Waals surface area contributed by atoms with E-state index < -0.39 is 7.92 Å². The van der Waals surface area contributed by atoms with E-state index in [-0.39, 0.29) is 12.4 Å². The first-order valence-corrected chi connectivity index (χ1v) is 8.71. The SMILES string of the molecule is COCc1ccc(P(c2ccccc2)c2ccccc2)cc1.[Cl-]. The molecule has 23 heavy (non-hydrogen) atoms. The van der Waals surface area contributed by atoms with E-state index >= 15 is 0 Å². The van der Waals surface area contributed by atoms with Crippen LogP contribution in [0.1, 0.15) is 5.56 Å². The molecule has 0 heterocycles. The summed E-state index contributed by atoms with van der Waals surface area (Å²) < 4.78 is 5.20. The molecule has 0 bridgehead atoms. The minimum atomic E-state index is -0.508. The molecule has 0 unspecified atom stereocenters. The van der Waals surface area contributed by atoms with E-state index in [1.165, 1.54) is 21.5 Å². The Bertz CT molecular complexity index is 659. The van der Waals surface area contributed by atoms with Crippen LogP contribution in [0.2, 0.25) is 0 Å². The minimum Gasteiger partial charge on any atom is -1.00 e. The van der Waals surface area contributed by atoms with E-state index in [0.717, 1.165) is 0 Å². The quantitative estimate of drug-likeness (QED) is 0.617. The van der Waals surface area contributed by atoms with E-state index in [1.54, 1.807) is 7.11 Å². The summed E-state index contributed by atoms with van der Waals surface area (Å²) >= 11 is 0. The van der Waals surface area contributed by atoms with Gasteiger partial charge in [-0.05, 0) is 29.4 Å². The second-order valence-electron chi connectivity index (χ2n) is 5.11. The molecule has 0 saturated heterocycles. The lowest BCUT2D eigenvalue weighted by atomic mass is 10.2. The molecule has 3 rings (SSSR count). The van der Waals surface area contributed by atoms with Crippen molar-refractivity contribution >= 4 is 23.8 Å². The molecule has 0 aliphatic heterocycles. The Morgan fingerprint density at radius 2 is 1.09 bits per heavy atom. The molecule has 3 aromatic rings. The standard InChI is InChI=1S/C20H19OP.ClH/c1-21-16-17-12-14-20(15-13-17)22(18-8-4-2-5-9-18)19-10-6-3-7-11-19;/h2-15H,16H2,1H3;1H/p-1. The van der Waals surface area contributed by atoms with Crippen molar-refractivity contribution in [3.05, 3.63) is 90.5 Å². The first kappa shape index (κ1) is 17.7. The number of hydrogen-bond donors (Lipinski definition) is 0. The lowest BCUT2D eigenvalue weighted by molar-refractivity contribution is -0.00000450. The summed E-state index contributed by atoms with van der Waals surface area (Å²) in [4.78, 5) is 0. The van der Waals surface area contributed by atoms with Gasteiger partial charge >= 0.3 is 0 Å². The molecule has 0 aromatic heterocycles. The summed E-state index contributed by atoms with van der Waals surface area (Å²) in [5.41, 5.74) is 1.21. The highest BCUT2D eigenvalue weighted by molar-refractivity contribution is 7.79. The van der Waals surface area contributed by atoms with Crippen molar-refractivity contribution in [2.75, 3.05) is 7.11 Å². The van der Waals surface area contributed by atoms with E-state index in [1.807, 2.05) is 0 Å². The summed E-state index contributed by atoms with van der Waals surface area (Å²) in [6.07, 6.45) is 0. The maximum Gasteiger partial charge on any atom is 0.0713 e. The molecule has 0 aliphatic rings. The molecule has 0 atom stereocenters. The Kier molecular flexibility index (Phi) is 6.80. The topological polar surface area (TPSA) is 9.23 Å². The third-order valence-corrected chi connectivity index (χ3v) is 5.98. The van der Waals surface area contributed by atoms with Crippen LogP contribution >= 0.6 is 7.92 Å². The van der Waals surface area contributed by atoms with Gasteiger partial charge in [0, 0.05) is 7.11 Å². The van der Waals surface area contributed by atoms with Crippen LogP contribution in [-0.2, 0) is 11.3 Å². The molecule has 118 valence electrons. The smallest absolute Gasteiger partial charge is 0.0713 e. The van der Waals surface area contributed by atoms with Crippen molar-refractivity contribution in [2.24, 2.45) is 0 Å². The lowest BCUT2D eigenvalue weighted by Crippen LogP contribution is -3.00. The van der Waals surface area contributed by atoms with Gasteiger partial charge in [0.2, 0.25) is 0 Å². The normalized spacial score (nSPS) is 10.3. The van der Waals surface area contributed by atoms with E-state index in [0.29, 0.717) is 6.61 Å². The van der Waals surface area contributed by atoms with Crippen LogP contribution in [0.15, 0.2) is 84.9 Å². The molecular weight excluding hydrogens is 323 g/mol. The lowest BCUT2D eigenvalue weighted by Gasteiger charge is -2.19. The molecule has 0 N–H and O–H groups in total. The third kappa shape index (κ3) is 4.42. The molecular formula is C20H19ClOP-. The fraction of sp³-hybridized carbons (Fsp3) is 0.100. The maximum atomic E-state index is 5.20. The van der Waals surface area contributed by atoms with Crippen molar-refractivity contribution in [3.8, 4) is 0 Å². The summed E-state index contributed by atoms with van der Waals surface area (Å²) in [6.45, 7) is 0.662. The maximum absolute atomic E-state index is 5.20. The number of benzene rings is 3. The Hall–Kier alpha value is -1.66. The fourth-order valence-corrected chi connectivity index (χ4v) is 4.79. The second kappa shape index (κ2) is 8.84. The number of rotatable bonds is 5. The molecule has 1 nitrogen and oxygen atoms in total. The summed E-state index contributed by atoms with van der Waals surface area (Å²) in [5.74, 6) is 0. The van der Waals surface area contributed by atoms with Gasteiger partial charge in [-0.2, -0.15) is 0 Å². The molecule has 0 aliphatic carbocycles. The van der Waals surface area contributed by atoms with Gasteiger partial charge in [0.1, 0.15) is 0 Å². The summed E-state index contributed by atoms with van der Waals surface area (Å²) in [7, 11) is 1.22. The van der Waals surface area contributed by atoms with Crippen LogP contribution in [0.25, 0.3) is 0 Å². The van der Waals surface area contributed by atoms with Gasteiger partial charge in [0.25, 0.3) is 0 Å². The van der Waals surface area contributed by atoms with Crippen LogP contribution in [0.4, 0.5) is 0 Å². The van der Waals surface area contributed by atoms with Gasteiger partial charge in [-0.15, -0.1) is 0 Å². The zero-order valence-electron chi connectivity index (χ0n) is 13.0. The first-order valence-electron chi connectivity index (χ1n) is 7.36. The third-order valence-electron chi connectivity index (χ3n) is 3.53. The highest BCUT2D eigenvalue weighted by Crippen LogP contribution is 2.32. The number of halogens is 1. The van der Waals surface area contributed by atoms with Crippen molar-refractivity contribution in [2.45, 2.75) is 6.61 Å². The van der Waals surface area contributed by atoms with Gasteiger partial charge < -0.3 is 17.1 Å². The average Bonchev–Trinajstić information content (AvgIpc) is 2.59.